The van der Waals surface area contributed by atoms with Gasteiger partial charge in [0.25, 0.3) is 0 Å². The number of hydrogen-bond donors (Lipinski definition) is 2. The van der Waals surface area contributed by atoms with Crippen LogP contribution in [0, 0.1) is 0 Å². The zero-order chi connectivity index (χ0) is 35.2. The molecule has 2 nitrogen and oxygen atoms in total. The molecule has 0 radical (unpaired) electrons. The van der Waals surface area contributed by atoms with E-state index in [9.17, 15) is 0 Å². The van der Waals surface area contributed by atoms with Crippen LogP contribution >= 0.6 is 0 Å². The van der Waals surface area contributed by atoms with Crippen molar-refractivity contribution >= 4 is 17.1 Å². The Kier molecular flexibility index (Phi) is 25.9. The lowest BCUT2D eigenvalue weighted by Gasteiger charge is -2.20. The maximum Gasteiger partial charge on any atom is 0.0385 e. The molecule has 0 atom stereocenters. The summed E-state index contributed by atoms with van der Waals surface area (Å²) in [6.07, 6.45) is 41.1. The van der Waals surface area contributed by atoms with Gasteiger partial charge in [-0.3, -0.25) is 0 Å². The van der Waals surface area contributed by atoms with Crippen LogP contribution in [0.25, 0.3) is 5.70 Å². The molecule has 0 aliphatic rings. The Bertz CT molecular complexity index is 1020. The Hall–Kier alpha value is -2.22. The van der Waals surface area contributed by atoms with E-state index in [2.05, 4.69) is 56.9 Å². The molecule has 2 heteroatoms. The Morgan fingerprint density at radius 3 is 1.16 bits per heavy atom. The van der Waals surface area contributed by atoms with Crippen molar-refractivity contribution in [1.29, 1.82) is 0 Å². The lowest BCUT2D eigenvalue weighted by Crippen LogP contribution is -2.06. The molecule has 0 fully saturated rings. The molecule has 0 spiro atoms. The number of nitrogens with two attached hydrogens (primary N) is 1. The number of hydrogen-bond acceptors (Lipinski definition) is 2. The van der Waals surface area contributed by atoms with Gasteiger partial charge in [0.05, 0.1) is 0 Å². The summed E-state index contributed by atoms with van der Waals surface area (Å²) < 4.78 is 0. The van der Waals surface area contributed by atoms with E-state index in [1.54, 1.807) is 16.7 Å². The zero-order valence-electron chi connectivity index (χ0n) is 33.0. The molecule has 0 saturated carbocycles. The first-order valence-corrected chi connectivity index (χ1v) is 21.6. The molecule has 0 heterocycles. The molecule has 0 unspecified atom stereocenters. The molecule has 0 bridgehead atoms. The van der Waals surface area contributed by atoms with Crippen molar-refractivity contribution in [3.8, 4) is 0 Å². The lowest BCUT2D eigenvalue weighted by molar-refractivity contribution is 0.558. The Labute approximate surface area is 305 Å². The maximum absolute atomic E-state index is 5.97. The van der Waals surface area contributed by atoms with Crippen LogP contribution in [0.1, 0.15) is 216 Å². The van der Waals surface area contributed by atoms with Crippen molar-refractivity contribution in [2.75, 3.05) is 11.1 Å². The third-order valence-corrected chi connectivity index (χ3v) is 10.6. The number of nitrogen functional groups attached to an aromatic ring is 1. The number of benzene rings is 2. The molecule has 49 heavy (non-hydrogen) atoms. The molecule has 0 amide bonds. The van der Waals surface area contributed by atoms with E-state index < -0.39 is 0 Å². The number of aryl methyl sites for hydroxylation is 2. The maximum atomic E-state index is 5.97. The van der Waals surface area contributed by atoms with Crippen molar-refractivity contribution in [3.05, 3.63) is 65.2 Å². The topological polar surface area (TPSA) is 38.0 Å². The minimum atomic E-state index is 0.795. The van der Waals surface area contributed by atoms with E-state index in [1.165, 1.54) is 198 Å². The number of rotatable bonds is 33. The van der Waals surface area contributed by atoms with E-state index in [0.29, 0.717) is 0 Å². The van der Waals surface area contributed by atoms with Crippen LogP contribution in [0.2, 0.25) is 0 Å². The van der Waals surface area contributed by atoms with E-state index in [0.717, 1.165) is 17.1 Å². The summed E-state index contributed by atoms with van der Waals surface area (Å²) in [5.74, 6) is 0. The van der Waals surface area contributed by atoms with E-state index >= 15 is 0 Å². The molecule has 2 rings (SSSR count). The zero-order valence-corrected chi connectivity index (χ0v) is 33.0. The summed E-state index contributed by atoms with van der Waals surface area (Å²) in [5.41, 5.74) is 15.0. The normalized spacial score (nSPS) is 11.3. The highest BCUT2D eigenvalue weighted by Crippen LogP contribution is 2.29. The quantitative estimate of drug-likeness (QED) is 0.0585. The van der Waals surface area contributed by atoms with Gasteiger partial charge in [-0.1, -0.05) is 181 Å². The predicted molar refractivity (Wildman–Crippen MR) is 223 cm³/mol. The molecule has 0 saturated heterocycles. The van der Waals surface area contributed by atoms with E-state index in [1.807, 2.05) is 12.1 Å². The second-order valence-electron chi connectivity index (χ2n) is 15.2. The third kappa shape index (κ3) is 20.9. The second kappa shape index (κ2) is 29.5. The van der Waals surface area contributed by atoms with Gasteiger partial charge in [-0.2, -0.15) is 0 Å². The summed E-state index contributed by atoms with van der Waals surface area (Å²) >= 11 is 0. The molecular formula is C47H80N2. The SMILES string of the molecule is C=C(Nc1ccc(N)cc1)c1cc(CCCCCCCCCCC)c(CCCCCCCCCCC)c(CCCCCCCCCCC)c1. The van der Waals surface area contributed by atoms with Gasteiger partial charge in [-0.25, -0.2) is 0 Å². The highest BCUT2D eigenvalue weighted by Gasteiger charge is 2.14. The molecule has 2 aromatic carbocycles. The molecule has 0 aliphatic carbocycles. The summed E-state index contributed by atoms with van der Waals surface area (Å²) in [7, 11) is 0. The van der Waals surface area contributed by atoms with Crippen molar-refractivity contribution in [2.24, 2.45) is 0 Å². The molecular weight excluding hydrogens is 593 g/mol. The van der Waals surface area contributed by atoms with Crippen LogP contribution in [0.4, 0.5) is 11.4 Å². The van der Waals surface area contributed by atoms with Crippen LogP contribution in [0.3, 0.4) is 0 Å². The highest BCUT2D eigenvalue weighted by atomic mass is 14.9. The van der Waals surface area contributed by atoms with Gasteiger partial charge in [0.1, 0.15) is 0 Å². The van der Waals surface area contributed by atoms with Crippen molar-refractivity contribution in [2.45, 2.75) is 213 Å². The van der Waals surface area contributed by atoms with Gasteiger partial charge in [-0.15, -0.1) is 0 Å². The monoisotopic (exact) mass is 673 g/mol. The number of unbranched alkanes of at least 4 members (excludes halogenated alkanes) is 24. The lowest BCUT2D eigenvalue weighted by atomic mass is 9.87. The average Bonchev–Trinajstić information content (AvgIpc) is 3.11. The summed E-state index contributed by atoms with van der Waals surface area (Å²) in [6.45, 7) is 11.5. The molecule has 2 aromatic rings. The second-order valence-corrected chi connectivity index (χ2v) is 15.2. The van der Waals surface area contributed by atoms with Crippen LogP contribution in [-0.4, -0.2) is 0 Å². The first-order chi connectivity index (χ1) is 24.1. The Balaban J connectivity index is 2.11. The fourth-order valence-electron chi connectivity index (χ4n) is 7.42. The van der Waals surface area contributed by atoms with Crippen LogP contribution in [0.5, 0.6) is 0 Å². The average molecular weight is 673 g/mol. The van der Waals surface area contributed by atoms with E-state index in [-0.39, 0.29) is 0 Å². The van der Waals surface area contributed by atoms with Gasteiger partial charge in [0.15, 0.2) is 0 Å². The highest BCUT2D eigenvalue weighted by molar-refractivity contribution is 5.76. The number of anilines is 2. The molecule has 278 valence electrons. The van der Waals surface area contributed by atoms with Crippen LogP contribution < -0.4 is 11.1 Å². The van der Waals surface area contributed by atoms with Crippen molar-refractivity contribution in [1.82, 2.24) is 0 Å². The minimum absolute atomic E-state index is 0.795. The summed E-state index contributed by atoms with van der Waals surface area (Å²) in [4.78, 5) is 0. The number of nitrogens with one attached hydrogen (secondary N) is 1. The largest absolute Gasteiger partial charge is 0.399 e. The first kappa shape index (κ1) is 42.9. The minimum Gasteiger partial charge on any atom is -0.399 e. The summed E-state index contributed by atoms with van der Waals surface area (Å²) in [5, 5.41) is 3.60. The van der Waals surface area contributed by atoms with Gasteiger partial charge in [0.2, 0.25) is 0 Å². The Morgan fingerprint density at radius 2 is 0.796 bits per heavy atom. The molecule has 0 aromatic heterocycles. The first-order valence-electron chi connectivity index (χ1n) is 21.6. The third-order valence-electron chi connectivity index (χ3n) is 10.6. The summed E-state index contributed by atoms with van der Waals surface area (Å²) in [6, 6.07) is 13.1. The fourth-order valence-corrected chi connectivity index (χ4v) is 7.42. The van der Waals surface area contributed by atoms with E-state index in [4.69, 9.17) is 5.73 Å². The Morgan fingerprint density at radius 1 is 0.469 bits per heavy atom. The van der Waals surface area contributed by atoms with Gasteiger partial charge in [-0.05, 0) is 97.2 Å². The smallest absolute Gasteiger partial charge is 0.0385 e. The molecule has 3 N–H and O–H groups in total. The molecule has 0 aliphatic heterocycles. The predicted octanol–water partition coefficient (Wildman–Crippen LogP) is 15.6. The van der Waals surface area contributed by atoms with Gasteiger partial charge < -0.3 is 11.1 Å². The van der Waals surface area contributed by atoms with Crippen LogP contribution in [-0.2, 0) is 19.3 Å². The van der Waals surface area contributed by atoms with Gasteiger partial charge in [0, 0.05) is 17.1 Å². The van der Waals surface area contributed by atoms with Gasteiger partial charge >= 0.3 is 0 Å². The van der Waals surface area contributed by atoms with Crippen molar-refractivity contribution < 1.29 is 0 Å². The standard InChI is InChI=1S/C47H80N2/c1-5-8-11-14-17-20-23-26-29-32-42-39-44(41(4)49-46-37-35-45(48)36-38-46)40-43(33-30-27-24-21-18-15-12-9-6-2)47(42)34-31-28-25-22-19-16-13-10-7-3/h35-40,49H,4-34,48H2,1-3H3. The fraction of sp³-hybridized carbons (Fsp3) is 0.702. The van der Waals surface area contributed by atoms with Crippen LogP contribution in [0.15, 0.2) is 43.0 Å². The van der Waals surface area contributed by atoms with Crippen molar-refractivity contribution in [3.63, 3.8) is 0 Å².